The highest BCUT2D eigenvalue weighted by molar-refractivity contribution is 5.95. The van der Waals surface area contributed by atoms with Gasteiger partial charge in [-0.2, -0.15) is 10.4 Å². The number of nitriles is 1. The van der Waals surface area contributed by atoms with Gasteiger partial charge in [-0.25, -0.2) is 13.5 Å². The molecule has 1 aliphatic heterocycles. The average Bonchev–Trinajstić information content (AvgIpc) is 3.16. The first-order valence-corrected chi connectivity index (χ1v) is 10.8. The second kappa shape index (κ2) is 9.89. The monoisotopic (exact) mass is 467 g/mol. The Morgan fingerprint density at radius 1 is 1.24 bits per heavy atom. The number of ether oxygens (including phenoxy) is 2. The van der Waals surface area contributed by atoms with Crippen LogP contribution in [0.1, 0.15) is 40.4 Å². The largest absolute Gasteiger partial charge is 0.492 e. The molecule has 1 aromatic heterocycles. The van der Waals surface area contributed by atoms with Crippen LogP contribution >= 0.6 is 0 Å². The molecule has 2 aromatic carbocycles. The van der Waals surface area contributed by atoms with Gasteiger partial charge >= 0.3 is 0 Å². The molecule has 1 saturated heterocycles. The number of anilines is 1. The Labute approximate surface area is 194 Å². The zero-order valence-electron chi connectivity index (χ0n) is 18.3. The SMILES string of the molecule is N#Cc1c(-c2ccc(CCOc3ccc(F)cc3C(N)=O)cc2F)nn(C2CCOCC2)c1N. The zero-order chi connectivity index (χ0) is 24.2. The van der Waals surface area contributed by atoms with Crippen LogP contribution in [0.3, 0.4) is 0 Å². The Morgan fingerprint density at radius 2 is 2.00 bits per heavy atom. The van der Waals surface area contributed by atoms with Gasteiger partial charge in [-0.15, -0.1) is 0 Å². The molecule has 8 nitrogen and oxygen atoms in total. The third-order valence-electron chi connectivity index (χ3n) is 5.74. The number of amides is 1. The normalized spacial score (nSPS) is 14.0. The molecule has 0 atom stereocenters. The summed E-state index contributed by atoms with van der Waals surface area (Å²) in [5, 5.41) is 14.1. The van der Waals surface area contributed by atoms with Crippen molar-refractivity contribution in [1.82, 2.24) is 9.78 Å². The van der Waals surface area contributed by atoms with E-state index >= 15 is 4.39 Å². The van der Waals surface area contributed by atoms with Crippen molar-refractivity contribution in [3.63, 3.8) is 0 Å². The molecule has 1 aliphatic rings. The smallest absolute Gasteiger partial charge is 0.252 e. The van der Waals surface area contributed by atoms with Gasteiger partial charge in [0.1, 0.15) is 40.5 Å². The van der Waals surface area contributed by atoms with E-state index in [0.29, 0.717) is 38.0 Å². The molecular formula is C24H23F2N5O3. The number of hydrogen-bond donors (Lipinski definition) is 2. The standard InChI is InChI=1S/C24H23F2N5O3/c25-15-2-4-21(18(12-15)24(29)32)34-10-5-14-1-3-17(20(26)11-14)22-19(13-27)23(28)31(30-22)16-6-8-33-9-7-16/h1-4,11-12,16H,5-10,28H2,(H2,29,32). The predicted octanol–water partition coefficient (Wildman–Crippen LogP) is 3.35. The molecule has 1 fully saturated rings. The minimum absolute atomic E-state index is 0.00848. The Hall–Kier alpha value is -3.97. The van der Waals surface area contributed by atoms with Crippen molar-refractivity contribution in [3.8, 4) is 23.1 Å². The summed E-state index contributed by atoms with van der Waals surface area (Å²) in [5.74, 6) is -1.59. The van der Waals surface area contributed by atoms with Gasteiger partial charge < -0.3 is 20.9 Å². The van der Waals surface area contributed by atoms with Gasteiger partial charge in [0.2, 0.25) is 0 Å². The molecule has 0 saturated carbocycles. The van der Waals surface area contributed by atoms with Crippen molar-refractivity contribution in [1.29, 1.82) is 5.26 Å². The summed E-state index contributed by atoms with van der Waals surface area (Å²) in [6.45, 7) is 1.26. The molecular weight excluding hydrogens is 444 g/mol. The van der Waals surface area contributed by atoms with Gasteiger partial charge in [0, 0.05) is 25.2 Å². The van der Waals surface area contributed by atoms with E-state index in [0.717, 1.165) is 12.1 Å². The van der Waals surface area contributed by atoms with E-state index in [9.17, 15) is 14.4 Å². The number of nitrogens with zero attached hydrogens (tertiary/aromatic N) is 3. The first-order valence-electron chi connectivity index (χ1n) is 10.8. The maximum Gasteiger partial charge on any atom is 0.252 e. The third kappa shape index (κ3) is 4.70. The fourth-order valence-corrected chi connectivity index (χ4v) is 3.96. The minimum atomic E-state index is -0.808. The number of nitrogens with two attached hydrogens (primary N) is 2. The second-order valence-corrected chi connectivity index (χ2v) is 7.93. The summed E-state index contributed by atoms with van der Waals surface area (Å²) in [6.07, 6.45) is 1.74. The number of primary amides is 1. The zero-order valence-corrected chi connectivity index (χ0v) is 18.3. The van der Waals surface area contributed by atoms with Crippen LogP contribution < -0.4 is 16.2 Å². The van der Waals surface area contributed by atoms with Crippen LogP contribution in [0.15, 0.2) is 36.4 Å². The van der Waals surface area contributed by atoms with Gasteiger partial charge in [0.05, 0.1) is 18.2 Å². The lowest BCUT2D eigenvalue weighted by Crippen LogP contribution is -2.21. The van der Waals surface area contributed by atoms with E-state index in [1.54, 1.807) is 16.8 Å². The molecule has 3 aromatic rings. The quantitative estimate of drug-likeness (QED) is 0.548. The molecule has 34 heavy (non-hydrogen) atoms. The first-order chi connectivity index (χ1) is 16.4. The van der Waals surface area contributed by atoms with Gasteiger partial charge in [-0.1, -0.05) is 6.07 Å². The number of hydrogen-bond acceptors (Lipinski definition) is 6. The van der Waals surface area contributed by atoms with Crippen molar-refractivity contribution in [3.05, 3.63) is 64.7 Å². The lowest BCUT2D eigenvalue weighted by molar-refractivity contribution is 0.0669. The molecule has 0 unspecified atom stereocenters. The molecule has 0 bridgehead atoms. The third-order valence-corrected chi connectivity index (χ3v) is 5.74. The van der Waals surface area contributed by atoms with Gasteiger partial charge in [-0.3, -0.25) is 4.79 Å². The molecule has 0 aliphatic carbocycles. The van der Waals surface area contributed by atoms with Crippen LogP contribution in [0.4, 0.5) is 14.6 Å². The summed E-state index contributed by atoms with van der Waals surface area (Å²) < 4.78 is 40.9. The van der Waals surface area contributed by atoms with Crippen molar-refractivity contribution < 1.29 is 23.0 Å². The van der Waals surface area contributed by atoms with Gasteiger partial charge in [-0.05, 0) is 48.7 Å². The number of rotatable bonds is 7. The van der Waals surface area contributed by atoms with E-state index in [1.807, 2.05) is 6.07 Å². The van der Waals surface area contributed by atoms with Crippen LogP contribution in [0.25, 0.3) is 11.3 Å². The van der Waals surface area contributed by atoms with Crippen LogP contribution in [-0.4, -0.2) is 35.5 Å². The van der Waals surface area contributed by atoms with Crippen molar-refractivity contribution in [2.75, 3.05) is 25.6 Å². The van der Waals surface area contributed by atoms with Gasteiger partial charge in [0.15, 0.2) is 0 Å². The van der Waals surface area contributed by atoms with Crippen LogP contribution in [-0.2, 0) is 11.2 Å². The predicted molar refractivity (Wildman–Crippen MR) is 120 cm³/mol. The Morgan fingerprint density at radius 3 is 2.68 bits per heavy atom. The average molecular weight is 467 g/mol. The number of carbonyl (C=O) groups is 1. The van der Waals surface area contributed by atoms with Crippen molar-refractivity contribution >= 4 is 11.7 Å². The molecule has 4 rings (SSSR count). The topological polar surface area (TPSA) is 129 Å². The van der Waals surface area contributed by atoms with Crippen molar-refractivity contribution in [2.45, 2.75) is 25.3 Å². The Kier molecular flexibility index (Phi) is 6.75. The summed E-state index contributed by atoms with van der Waals surface area (Å²) in [4.78, 5) is 11.5. The minimum Gasteiger partial charge on any atom is -0.492 e. The summed E-state index contributed by atoms with van der Waals surface area (Å²) in [5.41, 5.74) is 12.5. The summed E-state index contributed by atoms with van der Waals surface area (Å²) >= 11 is 0. The van der Waals surface area contributed by atoms with E-state index in [2.05, 4.69) is 5.10 Å². The van der Waals surface area contributed by atoms with E-state index in [4.69, 9.17) is 20.9 Å². The maximum atomic E-state index is 15.0. The van der Waals surface area contributed by atoms with Crippen molar-refractivity contribution in [2.24, 2.45) is 5.73 Å². The van der Waals surface area contributed by atoms with Crippen LogP contribution in [0.2, 0.25) is 0 Å². The highest BCUT2D eigenvalue weighted by Crippen LogP contribution is 2.33. The highest BCUT2D eigenvalue weighted by atomic mass is 19.1. The fraction of sp³-hybridized carbons (Fsp3) is 0.292. The number of benzene rings is 2. The summed E-state index contributed by atoms with van der Waals surface area (Å²) in [6, 6.07) is 10.1. The molecule has 4 N–H and O–H groups in total. The molecule has 0 spiro atoms. The Balaban J connectivity index is 1.51. The highest BCUT2D eigenvalue weighted by Gasteiger charge is 2.25. The lowest BCUT2D eigenvalue weighted by Gasteiger charge is -2.23. The first kappa shape index (κ1) is 23.2. The summed E-state index contributed by atoms with van der Waals surface area (Å²) in [7, 11) is 0. The lowest BCUT2D eigenvalue weighted by atomic mass is 10.0. The molecule has 0 radical (unpaired) electrons. The molecule has 2 heterocycles. The Bertz CT molecular complexity index is 1260. The second-order valence-electron chi connectivity index (χ2n) is 7.93. The number of nitrogen functional groups attached to an aromatic ring is 1. The van der Waals surface area contributed by atoms with E-state index in [-0.39, 0.29) is 46.6 Å². The fourth-order valence-electron chi connectivity index (χ4n) is 3.96. The number of aromatic nitrogens is 2. The maximum absolute atomic E-state index is 15.0. The number of carbonyl (C=O) groups excluding carboxylic acids is 1. The van der Waals surface area contributed by atoms with E-state index < -0.39 is 17.5 Å². The van der Waals surface area contributed by atoms with E-state index in [1.165, 1.54) is 12.1 Å². The molecule has 1 amide bonds. The van der Waals surface area contributed by atoms with Gasteiger partial charge in [0.25, 0.3) is 5.91 Å². The molecule has 10 heteroatoms. The number of halogens is 2. The molecule has 176 valence electrons. The van der Waals surface area contributed by atoms with Crippen LogP contribution in [0, 0.1) is 23.0 Å². The van der Waals surface area contributed by atoms with Crippen LogP contribution in [0.5, 0.6) is 5.75 Å².